The molecule has 0 saturated carbocycles. The van der Waals surface area contributed by atoms with Crippen LogP contribution in [0.25, 0.3) is 0 Å². The fourth-order valence-electron chi connectivity index (χ4n) is 0.948. The molecule has 4 heteroatoms. The van der Waals surface area contributed by atoms with Crippen molar-refractivity contribution in [3.8, 4) is 0 Å². The van der Waals surface area contributed by atoms with Crippen molar-refractivity contribution in [1.82, 2.24) is 0 Å². The van der Waals surface area contributed by atoms with Gasteiger partial charge in [-0.15, -0.1) is 12.6 Å². The first-order valence-electron chi connectivity index (χ1n) is 3.07. The van der Waals surface area contributed by atoms with Gasteiger partial charge in [-0.3, -0.25) is 0 Å². The number of carbonyl (C=O) groups excluding carboxylic acids is 1. The summed E-state index contributed by atoms with van der Waals surface area (Å²) in [4.78, 5) is 18.7. The molecule has 0 bridgehead atoms. The van der Waals surface area contributed by atoms with Gasteiger partial charge < -0.3 is 0 Å². The van der Waals surface area contributed by atoms with Crippen LogP contribution >= 0.6 is 12.6 Å². The van der Waals surface area contributed by atoms with E-state index >= 15 is 0 Å². The summed E-state index contributed by atoms with van der Waals surface area (Å²) in [6, 6.07) is 4.86. The minimum Gasteiger partial charge on any atom is -0.244 e. The van der Waals surface area contributed by atoms with Crippen LogP contribution in [0.1, 0.15) is 0 Å². The predicted octanol–water partition coefficient (Wildman–Crippen LogP) is 0.348. The van der Waals surface area contributed by atoms with E-state index in [-0.39, 0.29) is 0 Å². The predicted molar refractivity (Wildman–Crippen MR) is 41.4 cm³/mol. The van der Waals surface area contributed by atoms with Crippen LogP contribution in [0, 0.1) is 0 Å². The number of para-hydroxylation sites is 1. The summed E-state index contributed by atoms with van der Waals surface area (Å²) in [5.74, 6) is 0. The number of benzene rings is 1. The van der Waals surface area contributed by atoms with E-state index in [1.165, 1.54) is 0 Å². The fraction of sp³-hybridized carbons (Fsp3) is 0. The molecule has 0 unspecified atom stereocenters. The summed E-state index contributed by atoms with van der Waals surface area (Å²) >= 11 is 4.12. The zero-order valence-corrected chi connectivity index (χ0v) is 6.38. The zero-order valence-electron chi connectivity index (χ0n) is 5.48. The van der Waals surface area contributed by atoms with Crippen molar-refractivity contribution in [2.75, 3.05) is 0 Å². The molecule has 54 valence electrons. The summed E-state index contributed by atoms with van der Waals surface area (Å²) in [5, 5.41) is 1.20. The van der Waals surface area contributed by atoms with Gasteiger partial charge in [-0.25, -0.2) is 4.79 Å². The normalized spacial score (nSPS) is 13.7. The Morgan fingerprint density at radius 2 is 2.09 bits per heavy atom. The smallest absolute Gasteiger partial charge is 0.244 e. The van der Waals surface area contributed by atoms with Crippen LogP contribution in [0.5, 0.6) is 0 Å². The van der Waals surface area contributed by atoms with Gasteiger partial charge in [-0.05, 0) is 12.1 Å². The average Bonchev–Trinajstić information content (AvgIpc) is 2.31. The number of hydrogen-bond acceptors (Lipinski definition) is 2. The van der Waals surface area contributed by atoms with Gasteiger partial charge >= 0.3 is 6.03 Å². The second-order valence-corrected chi connectivity index (χ2v) is 2.63. The molecule has 11 heavy (non-hydrogen) atoms. The Bertz CT molecular complexity index is 438. The first-order chi connectivity index (χ1) is 5.27. The first kappa shape index (κ1) is 6.54. The quantitative estimate of drug-likeness (QED) is 0.552. The molecule has 1 aliphatic heterocycles. The second kappa shape index (κ2) is 2.17. The van der Waals surface area contributed by atoms with Crippen molar-refractivity contribution in [3.05, 3.63) is 28.9 Å². The van der Waals surface area contributed by atoms with Crippen molar-refractivity contribution in [1.29, 1.82) is 0 Å². The second-order valence-electron chi connectivity index (χ2n) is 2.15. The lowest BCUT2D eigenvalue weighted by molar-refractivity contribution is 0.256. The lowest BCUT2D eigenvalue weighted by Crippen LogP contribution is -2.22. The van der Waals surface area contributed by atoms with Gasteiger partial charge in [0.2, 0.25) is 0 Å². The van der Waals surface area contributed by atoms with Crippen LogP contribution in [-0.4, -0.2) is 6.03 Å². The van der Waals surface area contributed by atoms with Crippen molar-refractivity contribution in [2.45, 2.75) is 4.90 Å². The van der Waals surface area contributed by atoms with Crippen molar-refractivity contribution in [2.24, 2.45) is 9.98 Å². The molecule has 0 aliphatic carbocycles. The molecule has 1 heterocycles. The number of hydrogen-bond donors (Lipinski definition) is 1. The van der Waals surface area contributed by atoms with E-state index in [0.29, 0.717) is 15.6 Å². The molecular weight excluding hydrogens is 160 g/mol. The van der Waals surface area contributed by atoms with Gasteiger partial charge in [0, 0.05) is 4.90 Å². The Labute approximate surface area is 67.9 Å². The number of amides is 2. The number of rotatable bonds is 0. The summed E-state index contributed by atoms with van der Waals surface area (Å²) in [6.07, 6.45) is 0. The molecule has 1 aliphatic rings. The van der Waals surface area contributed by atoms with Crippen molar-refractivity contribution < 1.29 is 4.79 Å². The highest BCUT2D eigenvalue weighted by Gasteiger charge is 2.05. The number of nitrogens with zero attached hydrogens (tertiary/aromatic N) is 2. The molecular formula is C7H4N2OS. The van der Waals surface area contributed by atoms with Crippen LogP contribution in [0.2, 0.25) is 0 Å². The third kappa shape index (κ3) is 0.952. The van der Waals surface area contributed by atoms with Gasteiger partial charge in [-0.2, -0.15) is 9.98 Å². The molecule has 0 saturated heterocycles. The molecule has 1 aromatic carbocycles. The van der Waals surface area contributed by atoms with Crippen molar-refractivity contribution >= 4 is 18.7 Å². The van der Waals surface area contributed by atoms with E-state index in [1.54, 1.807) is 18.2 Å². The average molecular weight is 164 g/mol. The van der Waals surface area contributed by atoms with Gasteiger partial charge in [0.15, 0.2) is 0 Å². The molecule has 1 aromatic rings. The maximum atomic E-state index is 10.7. The van der Waals surface area contributed by atoms with E-state index in [9.17, 15) is 4.79 Å². The van der Waals surface area contributed by atoms with Crippen LogP contribution in [0.15, 0.2) is 33.1 Å². The SMILES string of the molecule is O=C1N=c2cccc(S)c2=N1. The Hall–Kier alpha value is -1.16. The van der Waals surface area contributed by atoms with E-state index in [2.05, 4.69) is 22.6 Å². The Morgan fingerprint density at radius 1 is 1.27 bits per heavy atom. The lowest BCUT2D eigenvalue weighted by atomic mass is 10.3. The number of thiol groups is 1. The molecule has 0 fully saturated rings. The van der Waals surface area contributed by atoms with E-state index in [0.717, 1.165) is 0 Å². The maximum Gasteiger partial charge on any atom is 0.368 e. The van der Waals surface area contributed by atoms with E-state index in [4.69, 9.17) is 0 Å². The molecule has 2 rings (SSSR count). The molecule has 2 amide bonds. The Kier molecular flexibility index (Phi) is 1.29. The first-order valence-corrected chi connectivity index (χ1v) is 3.51. The molecule has 0 aromatic heterocycles. The number of fused-ring (bicyclic) bond motifs is 1. The largest absolute Gasteiger partial charge is 0.368 e. The molecule has 0 N–H and O–H groups in total. The summed E-state index contributed by atoms with van der Waals surface area (Å²) in [5.41, 5.74) is 0. The topological polar surface area (TPSA) is 41.8 Å². The van der Waals surface area contributed by atoms with Crippen molar-refractivity contribution in [3.63, 3.8) is 0 Å². The monoisotopic (exact) mass is 164 g/mol. The third-order valence-corrected chi connectivity index (χ3v) is 1.78. The number of urea groups is 1. The highest BCUT2D eigenvalue weighted by Crippen LogP contribution is 1.96. The van der Waals surface area contributed by atoms with Gasteiger partial charge in [0.1, 0.15) is 5.36 Å². The van der Waals surface area contributed by atoms with Crippen LogP contribution in [-0.2, 0) is 0 Å². The van der Waals surface area contributed by atoms with Gasteiger partial charge in [0.05, 0.1) is 5.36 Å². The highest BCUT2D eigenvalue weighted by atomic mass is 32.1. The molecule has 3 nitrogen and oxygen atoms in total. The van der Waals surface area contributed by atoms with E-state index in [1.807, 2.05) is 0 Å². The molecule has 0 spiro atoms. The third-order valence-electron chi connectivity index (χ3n) is 1.42. The Morgan fingerprint density at radius 3 is 2.82 bits per heavy atom. The standard InChI is InChI=1S/C7H4N2OS/c10-7-8-4-2-1-3-5(11)6(4)9-7/h1-3,11H. The minimum absolute atomic E-state index is 0.443. The summed E-state index contributed by atoms with van der Waals surface area (Å²) < 4.78 is 0. The molecule has 0 radical (unpaired) electrons. The van der Waals surface area contributed by atoms with Crippen LogP contribution < -0.4 is 10.7 Å². The van der Waals surface area contributed by atoms with Gasteiger partial charge in [0.25, 0.3) is 0 Å². The zero-order chi connectivity index (χ0) is 7.84. The Balaban J connectivity index is 2.97. The van der Waals surface area contributed by atoms with Crippen LogP contribution in [0.3, 0.4) is 0 Å². The minimum atomic E-state index is -0.443. The van der Waals surface area contributed by atoms with E-state index < -0.39 is 6.03 Å². The van der Waals surface area contributed by atoms with Crippen LogP contribution in [0.4, 0.5) is 4.79 Å². The summed E-state index contributed by atoms with van der Waals surface area (Å²) in [7, 11) is 0. The fourth-order valence-corrected chi connectivity index (χ4v) is 1.20. The van der Waals surface area contributed by atoms with Gasteiger partial charge in [-0.1, -0.05) is 6.07 Å². The number of carbonyl (C=O) groups is 1. The summed E-state index contributed by atoms with van der Waals surface area (Å²) in [6.45, 7) is 0. The highest BCUT2D eigenvalue weighted by molar-refractivity contribution is 7.80. The maximum absolute atomic E-state index is 10.7. The lowest BCUT2D eigenvalue weighted by Gasteiger charge is -1.85. The molecule has 0 atom stereocenters.